The van der Waals surface area contributed by atoms with Gasteiger partial charge in [0.05, 0.1) is 11.6 Å². The summed E-state index contributed by atoms with van der Waals surface area (Å²) in [5.74, 6) is 0.407. The zero-order chi connectivity index (χ0) is 13.4. The summed E-state index contributed by atoms with van der Waals surface area (Å²) >= 11 is 6.10. The molecule has 0 aliphatic rings. The predicted octanol–water partition coefficient (Wildman–Crippen LogP) is 2.64. The van der Waals surface area contributed by atoms with E-state index in [2.05, 4.69) is 5.10 Å². The van der Waals surface area contributed by atoms with Gasteiger partial charge in [0.15, 0.2) is 0 Å². The Morgan fingerprint density at radius 3 is 2.56 bits per heavy atom. The van der Waals surface area contributed by atoms with Gasteiger partial charge in [-0.25, -0.2) is 4.68 Å². The van der Waals surface area contributed by atoms with E-state index in [4.69, 9.17) is 17.3 Å². The number of aromatic amines is 1. The van der Waals surface area contributed by atoms with Gasteiger partial charge in [0.25, 0.3) is 5.56 Å². The highest BCUT2D eigenvalue weighted by molar-refractivity contribution is 6.31. The molecule has 0 spiro atoms. The molecule has 1 unspecified atom stereocenters. The second-order valence-corrected chi connectivity index (χ2v) is 4.92. The fourth-order valence-electron chi connectivity index (χ4n) is 1.85. The summed E-state index contributed by atoms with van der Waals surface area (Å²) in [5, 5.41) is 3.58. The molecule has 1 aromatic heterocycles. The molecule has 0 saturated carbocycles. The summed E-state index contributed by atoms with van der Waals surface area (Å²) < 4.78 is 1.52. The van der Waals surface area contributed by atoms with E-state index in [9.17, 15) is 4.79 Å². The van der Waals surface area contributed by atoms with Crippen LogP contribution < -0.4 is 11.3 Å². The van der Waals surface area contributed by atoms with Crippen molar-refractivity contribution >= 4 is 17.4 Å². The third-order valence-corrected chi connectivity index (χ3v) is 3.66. The minimum absolute atomic E-state index is 0.100. The van der Waals surface area contributed by atoms with E-state index in [0.717, 1.165) is 11.1 Å². The average molecular weight is 266 g/mol. The van der Waals surface area contributed by atoms with Crippen molar-refractivity contribution in [2.75, 3.05) is 5.73 Å². The molecule has 2 aromatic rings. The second-order valence-electron chi connectivity index (χ2n) is 4.51. The summed E-state index contributed by atoms with van der Waals surface area (Å²) in [4.78, 5) is 12.0. The van der Waals surface area contributed by atoms with Gasteiger partial charge in [-0.1, -0.05) is 23.7 Å². The SMILES string of the molecule is Cc1ccc(C(C)n2[nH]c(N)c(C)c2=O)cc1Cl. The zero-order valence-corrected chi connectivity index (χ0v) is 11.4. The monoisotopic (exact) mass is 265 g/mol. The predicted molar refractivity (Wildman–Crippen MR) is 74.2 cm³/mol. The van der Waals surface area contributed by atoms with Gasteiger partial charge in [-0.15, -0.1) is 0 Å². The first-order valence-corrected chi connectivity index (χ1v) is 6.12. The van der Waals surface area contributed by atoms with E-state index < -0.39 is 0 Å². The highest BCUT2D eigenvalue weighted by Crippen LogP contribution is 2.23. The third-order valence-electron chi connectivity index (χ3n) is 3.25. The Morgan fingerprint density at radius 2 is 2.06 bits per heavy atom. The van der Waals surface area contributed by atoms with Crippen LogP contribution in [0, 0.1) is 13.8 Å². The average Bonchev–Trinajstić information content (AvgIpc) is 2.60. The van der Waals surface area contributed by atoms with E-state index >= 15 is 0 Å². The number of nitrogens with zero attached hydrogens (tertiary/aromatic N) is 1. The van der Waals surface area contributed by atoms with Crippen LogP contribution in [0.2, 0.25) is 5.02 Å². The number of halogens is 1. The molecule has 3 N–H and O–H groups in total. The number of rotatable bonds is 2. The largest absolute Gasteiger partial charge is 0.384 e. The van der Waals surface area contributed by atoms with Gasteiger partial charge in [-0.3, -0.25) is 9.89 Å². The van der Waals surface area contributed by atoms with Crippen molar-refractivity contribution in [2.24, 2.45) is 0 Å². The number of nitrogen functional groups attached to an aromatic ring is 1. The maximum atomic E-state index is 12.0. The molecule has 2 rings (SSSR count). The third kappa shape index (κ3) is 2.04. The highest BCUT2D eigenvalue weighted by Gasteiger charge is 2.15. The Morgan fingerprint density at radius 1 is 1.39 bits per heavy atom. The molecular formula is C13H16ClN3O. The van der Waals surface area contributed by atoms with Crippen LogP contribution in [0.3, 0.4) is 0 Å². The minimum atomic E-state index is -0.133. The molecule has 18 heavy (non-hydrogen) atoms. The number of anilines is 1. The summed E-state index contributed by atoms with van der Waals surface area (Å²) in [6.45, 7) is 5.58. The highest BCUT2D eigenvalue weighted by atomic mass is 35.5. The molecule has 0 aliphatic heterocycles. The first-order valence-electron chi connectivity index (χ1n) is 5.74. The van der Waals surface area contributed by atoms with E-state index in [-0.39, 0.29) is 11.6 Å². The van der Waals surface area contributed by atoms with Gasteiger partial charge in [-0.2, -0.15) is 0 Å². The number of nitrogens with one attached hydrogen (secondary N) is 1. The summed E-state index contributed by atoms with van der Waals surface area (Å²) in [5.41, 5.74) is 8.13. The van der Waals surface area contributed by atoms with Gasteiger partial charge in [0.1, 0.15) is 5.82 Å². The first kappa shape index (κ1) is 12.8. The van der Waals surface area contributed by atoms with Crippen LogP contribution in [-0.4, -0.2) is 9.78 Å². The lowest BCUT2D eigenvalue weighted by Crippen LogP contribution is -2.22. The number of aromatic nitrogens is 2. The van der Waals surface area contributed by atoms with E-state index in [1.165, 1.54) is 4.68 Å². The van der Waals surface area contributed by atoms with E-state index in [1.54, 1.807) is 6.92 Å². The van der Waals surface area contributed by atoms with Gasteiger partial charge in [0, 0.05) is 5.02 Å². The Labute approximate surface area is 110 Å². The van der Waals surface area contributed by atoms with Gasteiger partial charge in [-0.05, 0) is 38.0 Å². The lowest BCUT2D eigenvalue weighted by Gasteiger charge is -2.13. The van der Waals surface area contributed by atoms with Crippen LogP contribution in [-0.2, 0) is 0 Å². The molecule has 0 bridgehead atoms. The number of nitrogens with two attached hydrogens (primary N) is 1. The number of benzene rings is 1. The Balaban J connectivity index is 2.47. The van der Waals surface area contributed by atoms with Gasteiger partial charge >= 0.3 is 0 Å². The van der Waals surface area contributed by atoms with E-state index in [1.807, 2.05) is 32.0 Å². The smallest absolute Gasteiger partial charge is 0.272 e. The molecule has 1 atom stereocenters. The van der Waals surface area contributed by atoms with Crippen LogP contribution in [0.15, 0.2) is 23.0 Å². The molecule has 4 nitrogen and oxygen atoms in total. The van der Waals surface area contributed by atoms with Crippen molar-refractivity contribution in [3.63, 3.8) is 0 Å². The fourth-order valence-corrected chi connectivity index (χ4v) is 2.04. The Bertz CT molecular complexity index is 642. The minimum Gasteiger partial charge on any atom is -0.384 e. The molecular weight excluding hydrogens is 250 g/mol. The summed E-state index contributed by atoms with van der Waals surface area (Å²) in [6.07, 6.45) is 0. The molecule has 1 aromatic carbocycles. The number of H-pyrrole nitrogens is 1. The quantitative estimate of drug-likeness (QED) is 0.877. The number of hydrogen-bond acceptors (Lipinski definition) is 2. The summed E-state index contributed by atoms with van der Waals surface area (Å²) in [7, 11) is 0. The number of aryl methyl sites for hydroxylation is 1. The van der Waals surface area contributed by atoms with Crippen LogP contribution in [0.4, 0.5) is 5.82 Å². The normalized spacial score (nSPS) is 12.7. The van der Waals surface area contributed by atoms with Crippen molar-refractivity contribution in [1.82, 2.24) is 9.78 Å². The molecule has 0 fully saturated rings. The first-order chi connectivity index (χ1) is 8.41. The number of hydrogen-bond donors (Lipinski definition) is 2. The lowest BCUT2D eigenvalue weighted by molar-refractivity contribution is 0.549. The zero-order valence-electron chi connectivity index (χ0n) is 10.6. The maximum absolute atomic E-state index is 12.0. The molecule has 0 aliphatic carbocycles. The Hall–Kier alpha value is -1.68. The standard InChI is InChI=1S/C13H16ClN3O/c1-7-4-5-10(6-11(7)14)9(3)17-13(18)8(2)12(15)16-17/h4-6,9,16H,15H2,1-3H3. The molecule has 96 valence electrons. The van der Waals surface area contributed by atoms with Crippen molar-refractivity contribution in [3.8, 4) is 0 Å². The van der Waals surface area contributed by atoms with Crippen molar-refractivity contribution in [2.45, 2.75) is 26.8 Å². The molecule has 0 saturated heterocycles. The molecule has 1 heterocycles. The van der Waals surface area contributed by atoms with Crippen molar-refractivity contribution < 1.29 is 0 Å². The Kier molecular flexibility index (Phi) is 3.22. The second kappa shape index (κ2) is 4.53. The van der Waals surface area contributed by atoms with Gasteiger partial charge < -0.3 is 5.73 Å². The maximum Gasteiger partial charge on any atom is 0.272 e. The van der Waals surface area contributed by atoms with Gasteiger partial charge in [0.2, 0.25) is 0 Å². The van der Waals surface area contributed by atoms with E-state index in [0.29, 0.717) is 16.4 Å². The fraction of sp³-hybridized carbons (Fsp3) is 0.308. The van der Waals surface area contributed by atoms with Crippen LogP contribution >= 0.6 is 11.6 Å². The summed E-state index contributed by atoms with van der Waals surface area (Å²) in [6, 6.07) is 5.65. The van der Waals surface area contributed by atoms with Crippen LogP contribution in [0.5, 0.6) is 0 Å². The van der Waals surface area contributed by atoms with Crippen molar-refractivity contribution in [1.29, 1.82) is 0 Å². The van der Waals surface area contributed by atoms with Crippen molar-refractivity contribution in [3.05, 3.63) is 50.3 Å². The molecule has 0 radical (unpaired) electrons. The molecule has 0 amide bonds. The molecule has 5 heteroatoms. The lowest BCUT2D eigenvalue weighted by atomic mass is 10.1. The topological polar surface area (TPSA) is 63.8 Å². The van der Waals surface area contributed by atoms with Crippen LogP contribution in [0.25, 0.3) is 0 Å². The van der Waals surface area contributed by atoms with Crippen LogP contribution in [0.1, 0.15) is 29.7 Å².